The fourth-order valence-corrected chi connectivity index (χ4v) is 5.39. The molecule has 5 rings (SSSR count). The third kappa shape index (κ3) is 4.97. The maximum Gasteiger partial charge on any atom is 0.257 e. The third-order valence-corrected chi connectivity index (χ3v) is 7.55. The van der Waals surface area contributed by atoms with E-state index in [1.165, 1.54) is 37.4 Å². The SMILES string of the molecule is CC(C)N(C)C(=O)c1cc(F)ccc1Oc1cncnc1N1CC2(CC(NC3CCOCC3)C2)C1. The molecule has 188 valence electrons. The topological polar surface area (TPSA) is 79.8 Å². The van der Waals surface area contributed by atoms with Crippen LogP contribution < -0.4 is 15.0 Å². The molecule has 0 radical (unpaired) electrons. The molecular formula is C26H34FN5O3. The van der Waals surface area contributed by atoms with Gasteiger partial charge in [0.15, 0.2) is 11.6 Å². The number of benzene rings is 1. The number of ether oxygens (including phenoxy) is 2. The van der Waals surface area contributed by atoms with Crippen LogP contribution in [0.15, 0.2) is 30.7 Å². The zero-order chi connectivity index (χ0) is 24.6. The van der Waals surface area contributed by atoms with Gasteiger partial charge in [-0.15, -0.1) is 0 Å². The summed E-state index contributed by atoms with van der Waals surface area (Å²) in [7, 11) is 1.70. The van der Waals surface area contributed by atoms with Crippen LogP contribution in [0.4, 0.5) is 10.2 Å². The summed E-state index contributed by atoms with van der Waals surface area (Å²) in [5.74, 6) is 0.673. The molecule has 1 amide bonds. The summed E-state index contributed by atoms with van der Waals surface area (Å²) in [5.41, 5.74) is 0.499. The minimum atomic E-state index is -0.485. The van der Waals surface area contributed by atoms with Crippen LogP contribution in [0.25, 0.3) is 0 Å². The van der Waals surface area contributed by atoms with Crippen LogP contribution in [-0.4, -0.2) is 72.3 Å². The molecule has 0 unspecified atom stereocenters. The molecule has 2 aromatic rings. The minimum absolute atomic E-state index is 0.0289. The van der Waals surface area contributed by atoms with Gasteiger partial charge in [-0.1, -0.05) is 0 Å². The number of rotatable bonds is 7. The van der Waals surface area contributed by atoms with Crippen molar-refractivity contribution in [1.29, 1.82) is 0 Å². The Morgan fingerprint density at radius 2 is 1.97 bits per heavy atom. The molecule has 1 spiro atoms. The molecule has 1 saturated carbocycles. The standard InChI is InChI=1S/C26H34FN5O3/c1-17(2)31(3)25(33)21-10-18(27)4-5-22(21)35-23-13-28-16-29-24(23)32-14-26(15-32)11-20(12-26)30-19-6-8-34-9-7-19/h4-5,10,13,16-17,19-20,30H,6-9,11-12,14-15H2,1-3H3. The van der Waals surface area contributed by atoms with Gasteiger partial charge in [0, 0.05) is 56.9 Å². The maximum atomic E-state index is 14.0. The van der Waals surface area contributed by atoms with Crippen LogP contribution in [0, 0.1) is 11.2 Å². The van der Waals surface area contributed by atoms with Crippen molar-refractivity contribution < 1.29 is 18.7 Å². The summed E-state index contributed by atoms with van der Waals surface area (Å²) in [4.78, 5) is 25.3. The highest BCUT2D eigenvalue weighted by Gasteiger charge is 2.53. The Morgan fingerprint density at radius 1 is 1.23 bits per heavy atom. The Kier molecular flexibility index (Phi) is 6.63. The van der Waals surface area contributed by atoms with Gasteiger partial charge in [-0.3, -0.25) is 4.79 Å². The predicted octanol–water partition coefficient (Wildman–Crippen LogP) is 3.63. The molecule has 9 heteroatoms. The molecule has 3 aliphatic rings. The average Bonchev–Trinajstić information content (AvgIpc) is 2.81. The Hall–Kier alpha value is -2.78. The smallest absolute Gasteiger partial charge is 0.257 e. The molecule has 3 fully saturated rings. The fourth-order valence-electron chi connectivity index (χ4n) is 5.39. The van der Waals surface area contributed by atoms with E-state index < -0.39 is 5.82 Å². The predicted molar refractivity (Wildman–Crippen MR) is 130 cm³/mol. The number of carbonyl (C=O) groups excluding carboxylic acids is 1. The summed E-state index contributed by atoms with van der Waals surface area (Å²) in [6, 6.07) is 5.13. The number of aromatic nitrogens is 2. The quantitative estimate of drug-likeness (QED) is 0.644. The molecule has 1 N–H and O–H groups in total. The van der Waals surface area contributed by atoms with Crippen molar-refractivity contribution in [2.75, 3.05) is 38.3 Å². The van der Waals surface area contributed by atoms with E-state index in [1.807, 2.05) is 13.8 Å². The van der Waals surface area contributed by atoms with Crippen LogP contribution in [0.3, 0.4) is 0 Å². The highest BCUT2D eigenvalue weighted by molar-refractivity contribution is 5.97. The van der Waals surface area contributed by atoms with Crippen molar-refractivity contribution in [3.8, 4) is 11.5 Å². The first-order valence-corrected chi connectivity index (χ1v) is 12.5. The van der Waals surface area contributed by atoms with E-state index in [9.17, 15) is 9.18 Å². The monoisotopic (exact) mass is 483 g/mol. The normalized spacial score (nSPS) is 20.0. The Morgan fingerprint density at radius 3 is 2.69 bits per heavy atom. The lowest BCUT2D eigenvalue weighted by molar-refractivity contribution is 0.0230. The van der Waals surface area contributed by atoms with Crippen LogP contribution in [-0.2, 0) is 4.74 Å². The summed E-state index contributed by atoms with van der Waals surface area (Å²) < 4.78 is 25.6. The molecular weight excluding hydrogens is 449 g/mol. The second-order valence-corrected chi connectivity index (χ2v) is 10.5. The van der Waals surface area contributed by atoms with Gasteiger partial charge in [-0.25, -0.2) is 14.4 Å². The Labute approximate surface area is 205 Å². The van der Waals surface area contributed by atoms with E-state index in [0.717, 1.165) is 39.1 Å². The van der Waals surface area contributed by atoms with Gasteiger partial charge in [0.1, 0.15) is 17.9 Å². The van der Waals surface area contributed by atoms with Gasteiger partial charge in [0.2, 0.25) is 0 Å². The molecule has 1 aromatic carbocycles. The first-order valence-electron chi connectivity index (χ1n) is 12.5. The third-order valence-electron chi connectivity index (χ3n) is 7.55. The largest absolute Gasteiger partial charge is 0.451 e. The van der Waals surface area contributed by atoms with E-state index in [-0.39, 0.29) is 17.5 Å². The molecule has 1 aromatic heterocycles. The molecule has 35 heavy (non-hydrogen) atoms. The number of hydrogen-bond acceptors (Lipinski definition) is 7. The van der Waals surface area contributed by atoms with Crippen molar-refractivity contribution in [2.45, 2.75) is 57.7 Å². The average molecular weight is 484 g/mol. The number of anilines is 1. The van der Waals surface area contributed by atoms with Crippen molar-refractivity contribution in [3.05, 3.63) is 42.1 Å². The number of amides is 1. The minimum Gasteiger partial charge on any atom is -0.451 e. The van der Waals surface area contributed by atoms with Crippen molar-refractivity contribution in [2.24, 2.45) is 5.41 Å². The van der Waals surface area contributed by atoms with Crippen molar-refractivity contribution in [3.63, 3.8) is 0 Å². The van der Waals surface area contributed by atoms with E-state index in [4.69, 9.17) is 9.47 Å². The number of carbonyl (C=O) groups is 1. The molecule has 8 nitrogen and oxygen atoms in total. The van der Waals surface area contributed by atoms with Crippen molar-refractivity contribution in [1.82, 2.24) is 20.2 Å². The molecule has 0 bridgehead atoms. The van der Waals surface area contributed by atoms with E-state index >= 15 is 0 Å². The van der Waals surface area contributed by atoms with Gasteiger partial charge < -0.3 is 24.6 Å². The fraction of sp³-hybridized carbons (Fsp3) is 0.577. The summed E-state index contributed by atoms with van der Waals surface area (Å²) in [6.45, 7) is 7.36. The van der Waals surface area contributed by atoms with Gasteiger partial charge in [0.25, 0.3) is 5.91 Å². The van der Waals surface area contributed by atoms with E-state index in [2.05, 4.69) is 20.2 Å². The molecule has 2 aliphatic heterocycles. The van der Waals surface area contributed by atoms with Gasteiger partial charge in [0.05, 0.1) is 11.8 Å². The van der Waals surface area contributed by atoms with Gasteiger partial charge >= 0.3 is 0 Å². The summed E-state index contributed by atoms with van der Waals surface area (Å²) in [6.07, 6.45) is 7.64. The van der Waals surface area contributed by atoms with Crippen LogP contribution in [0.2, 0.25) is 0 Å². The first-order chi connectivity index (χ1) is 16.8. The number of nitrogens with one attached hydrogen (secondary N) is 1. The lowest BCUT2D eigenvalue weighted by atomic mass is 9.60. The van der Waals surface area contributed by atoms with Crippen molar-refractivity contribution >= 4 is 11.7 Å². The second-order valence-electron chi connectivity index (χ2n) is 10.5. The van der Waals surface area contributed by atoms with Gasteiger partial charge in [-0.05, 0) is 57.7 Å². The number of halogens is 1. The van der Waals surface area contributed by atoms with Crippen LogP contribution >= 0.6 is 0 Å². The lowest BCUT2D eigenvalue weighted by Gasteiger charge is -2.60. The maximum absolute atomic E-state index is 14.0. The zero-order valence-corrected chi connectivity index (χ0v) is 20.7. The number of nitrogens with zero attached hydrogens (tertiary/aromatic N) is 4. The van der Waals surface area contributed by atoms with Gasteiger partial charge in [-0.2, -0.15) is 0 Å². The Bertz CT molecular complexity index is 1060. The lowest BCUT2D eigenvalue weighted by Crippen LogP contribution is -2.67. The van der Waals surface area contributed by atoms with Crippen LogP contribution in [0.5, 0.6) is 11.5 Å². The zero-order valence-electron chi connectivity index (χ0n) is 20.7. The highest BCUT2D eigenvalue weighted by atomic mass is 19.1. The Balaban J connectivity index is 1.25. The summed E-state index contributed by atoms with van der Waals surface area (Å²) in [5, 5.41) is 3.80. The highest BCUT2D eigenvalue weighted by Crippen LogP contribution is 2.51. The van der Waals surface area contributed by atoms with E-state index in [0.29, 0.717) is 34.8 Å². The molecule has 3 heterocycles. The van der Waals surface area contributed by atoms with Crippen LogP contribution in [0.1, 0.15) is 49.9 Å². The molecule has 0 atom stereocenters. The molecule has 2 saturated heterocycles. The summed E-state index contributed by atoms with van der Waals surface area (Å²) >= 11 is 0. The first kappa shape index (κ1) is 23.9. The second kappa shape index (κ2) is 9.70. The molecule has 1 aliphatic carbocycles. The van der Waals surface area contributed by atoms with E-state index in [1.54, 1.807) is 18.1 Å². The number of hydrogen-bond donors (Lipinski definition) is 1.